The summed E-state index contributed by atoms with van der Waals surface area (Å²) in [7, 11) is -1.25. The Labute approximate surface area is 104 Å². The van der Waals surface area contributed by atoms with E-state index in [1.54, 1.807) is 14.0 Å². The van der Waals surface area contributed by atoms with Gasteiger partial charge in [0.05, 0.1) is 5.25 Å². The zero-order chi connectivity index (χ0) is 13.2. The summed E-state index contributed by atoms with van der Waals surface area (Å²) in [6.45, 7) is 5.79. The molecule has 0 fully saturated rings. The third-order valence-corrected chi connectivity index (χ3v) is 4.68. The highest BCUT2D eigenvalue weighted by Gasteiger charge is 2.26. The van der Waals surface area contributed by atoms with Gasteiger partial charge in [0.1, 0.15) is 0 Å². The second-order valence-corrected chi connectivity index (χ2v) is 7.12. The van der Waals surface area contributed by atoms with E-state index in [2.05, 4.69) is 11.4 Å². The van der Waals surface area contributed by atoms with E-state index in [0.717, 1.165) is 16.7 Å². The van der Waals surface area contributed by atoms with E-state index in [1.807, 2.05) is 26.0 Å². The molecule has 1 N–H and O–H groups in total. The first-order chi connectivity index (χ1) is 7.75. The summed E-state index contributed by atoms with van der Waals surface area (Å²) in [5, 5.41) is 2.66. The molecular formula is C13H21NO2S. The molecule has 2 unspecified atom stereocenters. The highest BCUT2D eigenvalue weighted by molar-refractivity contribution is 7.91. The number of hydrogen-bond donors (Lipinski definition) is 1. The van der Waals surface area contributed by atoms with Crippen LogP contribution >= 0.6 is 0 Å². The first kappa shape index (κ1) is 14.2. The van der Waals surface area contributed by atoms with Gasteiger partial charge in [-0.2, -0.15) is 0 Å². The van der Waals surface area contributed by atoms with Crippen LogP contribution < -0.4 is 5.32 Å². The smallest absolute Gasteiger partial charge is 0.151 e. The summed E-state index contributed by atoms with van der Waals surface area (Å²) in [6.07, 6.45) is 1.28. The van der Waals surface area contributed by atoms with Crippen LogP contribution in [0.2, 0.25) is 0 Å². The fourth-order valence-corrected chi connectivity index (χ4v) is 2.90. The van der Waals surface area contributed by atoms with Crippen molar-refractivity contribution in [2.75, 3.05) is 13.3 Å². The molecule has 2 atom stereocenters. The maximum Gasteiger partial charge on any atom is 0.151 e. The first-order valence-electron chi connectivity index (χ1n) is 5.70. The van der Waals surface area contributed by atoms with Crippen LogP contribution in [0.3, 0.4) is 0 Å². The van der Waals surface area contributed by atoms with Gasteiger partial charge in [-0.15, -0.1) is 0 Å². The highest BCUT2D eigenvalue weighted by atomic mass is 32.2. The van der Waals surface area contributed by atoms with Crippen molar-refractivity contribution in [1.29, 1.82) is 0 Å². The van der Waals surface area contributed by atoms with E-state index in [9.17, 15) is 8.42 Å². The van der Waals surface area contributed by atoms with Gasteiger partial charge in [-0.3, -0.25) is 0 Å². The molecular weight excluding hydrogens is 234 g/mol. The summed E-state index contributed by atoms with van der Waals surface area (Å²) in [5.74, 6) is 0. The van der Waals surface area contributed by atoms with Gasteiger partial charge >= 0.3 is 0 Å². The molecule has 0 radical (unpaired) electrons. The van der Waals surface area contributed by atoms with E-state index in [-0.39, 0.29) is 6.04 Å². The van der Waals surface area contributed by atoms with Crippen LogP contribution in [0, 0.1) is 13.8 Å². The van der Waals surface area contributed by atoms with E-state index in [0.29, 0.717) is 0 Å². The summed E-state index contributed by atoms with van der Waals surface area (Å²) in [6, 6.07) is 6.00. The fourth-order valence-electron chi connectivity index (χ4n) is 2.11. The Morgan fingerprint density at radius 2 is 1.59 bits per heavy atom. The quantitative estimate of drug-likeness (QED) is 0.895. The predicted octanol–water partition coefficient (Wildman–Crippen LogP) is 2.00. The molecule has 0 aromatic heterocycles. The number of hydrogen-bond acceptors (Lipinski definition) is 3. The third kappa shape index (κ3) is 3.54. The molecule has 1 aromatic carbocycles. The summed E-state index contributed by atoms with van der Waals surface area (Å²) >= 11 is 0. The monoisotopic (exact) mass is 255 g/mol. The Bertz CT molecular complexity index is 474. The Morgan fingerprint density at radius 1 is 1.12 bits per heavy atom. The molecule has 0 heterocycles. The summed E-state index contributed by atoms with van der Waals surface area (Å²) in [4.78, 5) is 0. The summed E-state index contributed by atoms with van der Waals surface area (Å²) in [5.41, 5.74) is 3.34. The lowest BCUT2D eigenvalue weighted by Gasteiger charge is -2.23. The van der Waals surface area contributed by atoms with Gasteiger partial charge < -0.3 is 5.32 Å². The van der Waals surface area contributed by atoms with E-state index < -0.39 is 15.1 Å². The maximum atomic E-state index is 11.6. The normalized spacial score (nSPS) is 15.6. The molecule has 0 aliphatic heterocycles. The number of benzene rings is 1. The average molecular weight is 255 g/mol. The van der Waals surface area contributed by atoms with Crippen molar-refractivity contribution >= 4 is 9.84 Å². The van der Waals surface area contributed by atoms with Gasteiger partial charge in [-0.1, -0.05) is 29.3 Å². The standard InChI is InChI=1S/C13H21NO2S/c1-9-6-10(2)8-12(7-9)13(14-4)11(3)17(5,15)16/h6-8,11,13-14H,1-5H3. The number of sulfone groups is 1. The average Bonchev–Trinajstić information content (AvgIpc) is 2.15. The molecule has 3 nitrogen and oxygen atoms in total. The number of aryl methyl sites for hydroxylation is 2. The van der Waals surface area contributed by atoms with Crippen LogP contribution in [0.1, 0.15) is 29.7 Å². The van der Waals surface area contributed by atoms with Crippen molar-refractivity contribution < 1.29 is 8.42 Å². The Balaban J connectivity index is 3.18. The Hall–Kier alpha value is -0.870. The zero-order valence-electron chi connectivity index (χ0n) is 11.1. The van der Waals surface area contributed by atoms with Gasteiger partial charge in [0.15, 0.2) is 9.84 Å². The molecule has 0 bridgehead atoms. The molecule has 17 heavy (non-hydrogen) atoms. The Morgan fingerprint density at radius 3 is 1.94 bits per heavy atom. The molecule has 0 aliphatic rings. The molecule has 1 aromatic rings. The first-order valence-corrected chi connectivity index (χ1v) is 7.65. The second kappa shape index (κ2) is 5.19. The molecule has 0 spiro atoms. The van der Waals surface area contributed by atoms with Crippen LogP contribution in [0.4, 0.5) is 0 Å². The van der Waals surface area contributed by atoms with Crippen molar-refractivity contribution in [3.8, 4) is 0 Å². The number of rotatable bonds is 4. The van der Waals surface area contributed by atoms with Crippen molar-refractivity contribution in [3.63, 3.8) is 0 Å². The minimum absolute atomic E-state index is 0.163. The molecule has 0 amide bonds. The van der Waals surface area contributed by atoms with Crippen molar-refractivity contribution in [2.24, 2.45) is 0 Å². The molecule has 4 heteroatoms. The van der Waals surface area contributed by atoms with Crippen molar-refractivity contribution in [3.05, 3.63) is 34.9 Å². The summed E-state index contributed by atoms with van der Waals surface area (Å²) < 4.78 is 23.3. The zero-order valence-corrected chi connectivity index (χ0v) is 11.9. The van der Waals surface area contributed by atoms with Crippen molar-refractivity contribution in [1.82, 2.24) is 5.32 Å². The minimum Gasteiger partial charge on any atom is -0.312 e. The van der Waals surface area contributed by atoms with E-state index in [4.69, 9.17) is 0 Å². The topological polar surface area (TPSA) is 46.2 Å². The van der Waals surface area contributed by atoms with Crippen LogP contribution in [0.25, 0.3) is 0 Å². The Kier molecular flexibility index (Phi) is 4.33. The van der Waals surface area contributed by atoms with Crippen LogP contribution in [-0.2, 0) is 9.84 Å². The van der Waals surface area contributed by atoms with Gasteiger partial charge in [-0.05, 0) is 33.4 Å². The molecule has 96 valence electrons. The lowest BCUT2D eigenvalue weighted by molar-refractivity contribution is 0.534. The molecule has 0 aliphatic carbocycles. The lowest BCUT2D eigenvalue weighted by atomic mass is 9.99. The molecule has 0 saturated carbocycles. The third-order valence-electron chi connectivity index (χ3n) is 3.06. The largest absolute Gasteiger partial charge is 0.312 e. The lowest BCUT2D eigenvalue weighted by Crippen LogP contribution is -2.33. The van der Waals surface area contributed by atoms with Crippen LogP contribution in [0.15, 0.2) is 18.2 Å². The van der Waals surface area contributed by atoms with Crippen molar-refractivity contribution in [2.45, 2.75) is 32.1 Å². The molecule has 0 saturated heterocycles. The number of nitrogens with one attached hydrogen (secondary N) is 1. The van der Waals surface area contributed by atoms with Gasteiger partial charge in [0.25, 0.3) is 0 Å². The maximum absolute atomic E-state index is 11.6. The van der Waals surface area contributed by atoms with E-state index >= 15 is 0 Å². The fraction of sp³-hybridized carbons (Fsp3) is 0.538. The van der Waals surface area contributed by atoms with Gasteiger partial charge in [0.2, 0.25) is 0 Å². The predicted molar refractivity (Wildman–Crippen MR) is 72.0 cm³/mol. The van der Waals surface area contributed by atoms with Crippen LogP contribution in [-0.4, -0.2) is 27.0 Å². The molecule has 1 rings (SSSR count). The highest BCUT2D eigenvalue weighted by Crippen LogP contribution is 2.23. The van der Waals surface area contributed by atoms with Gasteiger partial charge in [-0.25, -0.2) is 8.42 Å². The minimum atomic E-state index is -3.05. The van der Waals surface area contributed by atoms with Crippen LogP contribution in [0.5, 0.6) is 0 Å². The van der Waals surface area contributed by atoms with Gasteiger partial charge in [0, 0.05) is 12.3 Å². The SMILES string of the molecule is CNC(c1cc(C)cc(C)c1)C(C)S(C)(=O)=O. The second-order valence-electron chi connectivity index (χ2n) is 4.72. The van der Waals surface area contributed by atoms with E-state index in [1.165, 1.54) is 6.26 Å².